The fourth-order valence-electron chi connectivity index (χ4n) is 3.24. The Bertz CT molecular complexity index is 788. The number of fused-ring (bicyclic) bond motifs is 1. The van der Waals surface area contributed by atoms with Crippen molar-refractivity contribution in [3.8, 4) is 16.9 Å². The molecule has 26 heavy (non-hydrogen) atoms. The fraction of sp³-hybridized carbons (Fsp3) is 0.368. The van der Waals surface area contributed by atoms with E-state index in [1.54, 1.807) is 7.11 Å². The highest BCUT2D eigenvalue weighted by Gasteiger charge is 2.25. The second-order valence-electron chi connectivity index (χ2n) is 6.35. The predicted molar refractivity (Wildman–Crippen MR) is 99.5 cm³/mol. The first-order valence-corrected chi connectivity index (χ1v) is 8.73. The molecule has 1 aromatic carbocycles. The zero-order chi connectivity index (χ0) is 17.9. The van der Waals surface area contributed by atoms with E-state index >= 15 is 0 Å². The molecule has 2 aromatic rings. The van der Waals surface area contributed by atoms with E-state index in [1.165, 1.54) is 0 Å². The number of hydrogen-bond acceptors (Lipinski definition) is 6. The molecule has 1 fully saturated rings. The lowest BCUT2D eigenvalue weighted by Gasteiger charge is -2.29. The van der Waals surface area contributed by atoms with E-state index in [4.69, 9.17) is 9.47 Å². The Morgan fingerprint density at radius 2 is 2.00 bits per heavy atom. The van der Waals surface area contributed by atoms with Gasteiger partial charge in [0.15, 0.2) is 5.82 Å². The zero-order valence-corrected chi connectivity index (χ0v) is 14.8. The molecule has 1 N–H and O–H groups in total. The molecule has 1 amide bonds. The van der Waals surface area contributed by atoms with E-state index in [9.17, 15) is 4.79 Å². The van der Waals surface area contributed by atoms with Gasteiger partial charge in [0.25, 0.3) is 0 Å². The van der Waals surface area contributed by atoms with Gasteiger partial charge in [-0.05, 0) is 23.8 Å². The summed E-state index contributed by atoms with van der Waals surface area (Å²) in [5, 5.41) is 3.25. The van der Waals surface area contributed by atoms with Crippen molar-refractivity contribution in [2.75, 3.05) is 56.8 Å². The molecular weight excluding hydrogens is 332 g/mol. The lowest BCUT2D eigenvalue weighted by molar-refractivity contribution is -0.133. The van der Waals surface area contributed by atoms with Gasteiger partial charge in [0, 0.05) is 24.8 Å². The summed E-state index contributed by atoms with van der Waals surface area (Å²) in [5.74, 6) is 1.76. The Kier molecular flexibility index (Phi) is 4.62. The number of carbonyl (C=O) groups is 1. The number of rotatable bonds is 4. The summed E-state index contributed by atoms with van der Waals surface area (Å²) in [7, 11) is 1.65. The number of benzene rings is 1. The standard InChI is InChI=1S/C19H22N4O3/c1-25-16-4-2-14(3-5-16)15-10-17-19(20-11-15)21-13-23(17)12-18(24)22-6-8-26-9-7-22/h2-5,10-11H,6-9,12-13H2,1H3,(H,20,21). The molecular formula is C19H22N4O3. The summed E-state index contributed by atoms with van der Waals surface area (Å²) >= 11 is 0. The van der Waals surface area contributed by atoms with Gasteiger partial charge >= 0.3 is 0 Å². The van der Waals surface area contributed by atoms with Crippen molar-refractivity contribution < 1.29 is 14.3 Å². The van der Waals surface area contributed by atoms with Gasteiger partial charge in [0.05, 0.1) is 39.2 Å². The summed E-state index contributed by atoms with van der Waals surface area (Å²) in [4.78, 5) is 21.0. The average Bonchev–Trinajstić information content (AvgIpc) is 3.10. The Morgan fingerprint density at radius 3 is 2.73 bits per heavy atom. The maximum absolute atomic E-state index is 12.6. The van der Waals surface area contributed by atoms with Crippen molar-refractivity contribution in [2.45, 2.75) is 0 Å². The van der Waals surface area contributed by atoms with Gasteiger partial charge in [-0.3, -0.25) is 4.79 Å². The van der Waals surface area contributed by atoms with Crippen molar-refractivity contribution in [2.24, 2.45) is 0 Å². The number of nitrogens with zero attached hydrogens (tertiary/aromatic N) is 3. The van der Waals surface area contributed by atoms with E-state index < -0.39 is 0 Å². The number of nitrogens with one attached hydrogen (secondary N) is 1. The number of ether oxygens (including phenoxy) is 2. The lowest BCUT2D eigenvalue weighted by Crippen LogP contribution is -2.45. The van der Waals surface area contributed by atoms with E-state index in [2.05, 4.69) is 16.4 Å². The van der Waals surface area contributed by atoms with Crippen LogP contribution in [0.2, 0.25) is 0 Å². The smallest absolute Gasteiger partial charge is 0.242 e. The Morgan fingerprint density at radius 1 is 1.23 bits per heavy atom. The molecule has 0 atom stereocenters. The van der Waals surface area contributed by atoms with Crippen molar-refractivity contribution in [3.63, 3.8) is 0 Å². The van der Waals surface area contributed by atoms with Crippen LogP contribution >= 0.6 is 0 Å². The number of amides is 1. The molecule has 0 spiro atoms. The monoisotopic (exact) mass is 354 g/mol. The Labute approximate surface area is 152 Å². The molecule has 2 aliphatic rings. The minimum atomic E-state index is 0.123. The Balaban J connectivity index is 1.52. The highest BCUT2D eigenvalue weighted by Crippen LogP contribution is 2.33. The maximum Gasteiger partial charge on any atom is 0.242 e. The van der Waals surface area contributed by atoms with Crippen molar-refractivity contribution >= 4 is 17.4 Å². The average molecular weight is 354 g/mol. The van der Waals surface area contributed by atoms with Crippen LogP contribution in [0, 0.1) is 0 Å². The number of hydrogen-bond donors (Lipinski definition) is 1. The van der Waals surface area contributed by atoms with Crippen molar-refractivity contribution in [1.82, 2.24) is 9.88 Å². The van der Waals surface area contributed by atoms with Gasteiger partial charge in [0.1, 0.15) is 5.75 Å². The third kappa shape index (κ3) is 3.30. The van der Waals surface area contributed by atoms with E-state index in [0.717, 1.165) is 28.4 Å². The zero-order valence-electron chi connectivity index (χ0n) is 14.8. The molecule has 3 heterocycles. The summed E-state index contributed by atoms with van der Waals surface area (Å²) in [6, 6.07) is 9.96. The minimum Gasteiger partial charge on any atom is -0.497 e. The summed E-state index contributed by atoms with van der Waals surface area (Å²) in [5.41, 5.74) is 3.03. The highest BCUT2D eigenvalue weighted by molar-refractivity contribution is 5.86. The van der Waals surface area contributed by atoms with Crippen LogP contribution in [0.1, 0.15) is 0 Å². The Hall–Kier alpha value is -2.80. The van der Waals surface area contributed by atoms with Crippen LogP contribution < -0.4 is 15.0 Å². The molecule has 0 saturated carbocycles. The van der Waals surface area contributed by atoms with Crippen LogP contribution in [-0.2, 0) is 9.53 Å². The minimum absolute atomic E-state index is 0.123. The van der Waals surface area contributed by atoms with Gasteiger partial charge in [-0.25, -0.2) is 4.98 Å². The first-order valence-electron chi connectivity index (χ1n) is 8.73. The third-order valence-electron chi connectivity index (χ3n) is 4.76. The summed E-state index contributed by atoms with van der Waals surface area (Å²) in [6.07, 6.45) is 1.85. The largest absolute Gasteiger partial charge is 0.497 e. The second-order valence-corrected chi connectivity index (χ2v) is 6.35. The molecule has 7 nitrogen and oxygen atoms in total. The van der Waals surface area contributed by atoms with Crippen LogP contribution in [0.5, 0.6) is 5.75 Å². The molecule has 0 bridgehead atoms. The summed E-state index contributed by atoms with van der Waals surface area (Å²) in [6.45, 7) is 3.49. The molecule has 1 saturated heterocycles. The van der Waals surface area contributed by atoms with Gasteiger partial charge in [0.2, 0.25) is 5.91 Å². The van der Waals surface area contributed by atoms with Crippen LogP contribution in [-0.4, -0.2) is 62.4 Å². The fourth-order valence-corrected chi connectivity index (χ4v) is 3.24. The number of anilines is 2. The normalized spacial score (nSPS) is 16.2. The molecule has 1 aromatic heterocycles. The molecule has 2 aliphatic heterocycles. The molecule has 7 heteroatoms. The molecule has 0 radical (unpaired) electrons. The quantitative estimate of drug-likeness (QED) is 0.903. The van der Waals surface area contributed by atoms with Crippen molar-refractivity contribution in [1.29, 1.82) is 0 Å². The SMILES string of the molecule is COc1ccc(-c2cnc3c(c2)N(CC(=O)N2CCOCC2)CN3)cc1. The van der Waals surface area contributed by atoms with Crippen molar-refractivity contribution in [3.05, 3.63) is 36.5 Å². The van der Waals surface area contributed by atoms with Gasteiger partial charge in [-0.2, -0.15) is 0 Å². The molecule has 0 unspecified atom stereocenters. The summed E-state index contributed by atoms with van der Waals surface area (Å²) < 4.78 is 10.5. The number of morpholine rings is 1. The van der Waals surface area contributed by atoms with Crippen LogP contribution in [0.25, 0.3) is 11.1 Å². The number of pyridine rings is 1. The number of aromatic nitrogens is 1. The van der Waals surface area contributed by atoms with Gasteiger partial charge in [-0.15, -0.1) is 0 Å². The third-order valence-corrected chi connectivity index (χ3v) is 4.76. The second kappa shape index (κ2) is 7.21. The first-order chi connectivity index (χ1) is 12.7. The molecule has 0 aliphatic carbocycles. The van der Waals surface area contributed by atoms with Gasteiger partial charge in [-0.1, -0.05) is 12.1 Å². The van der Waals surface area contributed by atoms with Gasteiger partial charge < -0.3 is 24.6 Å². The molecule has 136 valence electrons. The maximum atomic E-state index is 12.6. The van der Waals surface area contributed by atoms with E-state index in [1.807, 2.05) is 40.3 Å². The van der Waals surface area contributed by atoms with E-state index in [-0.39, 0.29) is 5.91 Å². The van der Waals surface area contributed by atoms with Crippen LogP contribution in [0.3, 0.4) is 0 Å². The predicted octanol–water partition coefficient (Wildman–Crippen LogP) is 1.81. The lowest BCUT2D eigenvalue weighted by atomic mass is 10.1. The number of carbonyl (C=O) groups excluding carboxylic acids is 1. The first kappa shape index (κ1) is 16.7. The highest BCUT2D eigenvalue weighted by atomic mass is 16.5. The van der Waals surface area contributed by atoms with Crippen LogP contribution in [0.15, 0.2) is 36.5 Å². The molecule has 4 rings (SSSR count). The van der Waals surface area contributed by atoms with E-state index in [0.29, 0.717) is 39.5 Å². The topological polar surface area (TPSA) is 66.9 Å². The number of methoxy groups -OCH3 is 1. The van der Waals surface area contributed by atoms with Crippen LogP contribution in [0.4, 0.5) is 11.5 Å².